The van der Waals surface area contributed by atoms with Crippen LogP contribution in [0, 0.1) is 6.92 Å². The molecule has 76 valence electrons. The first kappa shape index (κ1) is 9.39. The van der Waals surface area contributed by atoms with Crippen molar-refractivity contribution >= 4 is 11.8 Å². The van der Waals surface area contributed by atoms with Crippen molar-refractivity contribution in [2.75, 3.05) is 5.32 Å². The third kappa shape index (κ3) is 2.19. The molecule has 2 aromatic heterocycles. The Balaban J connectivity index is 2.11. The number of aryl methyl sites for hydroxylation is 1. The number of hydrogen-bond donors (Lipinski definition) is 1. The molecule has 15 heavy (non-hydrogen) atoms. The van der Waals surface area contributed by atoms with E-state index in [0.717, 1.165) is 5.69 Å². The lowest BCUT2D eigenvalue weighted by atomic mass is 10.2. The van der Waals surface area contributed by atoms with Crippen molar-refractivity contribution in [3.05, 3.63) is 41.9 Å². The van der Waals surface area contributed by atoms with Gasteiger partial charge in [0.05, 0.1) is 5.69 Å². The molecule has 0 unspecified atom stereocenters. The van der Waals surface area contributed by atoms with Gasteiger partial charge >= 0.3 is 0 Å². The second-order valence-corrected chi connectivity index (χ2v) is 3.02. The minimum absolute atomic E-state index is 0.242. The summed E-state index contributed by atoms with van der Waals surface area (Å²) in [6, 6.07) is 4.90. The Labute approximate surface area is 86.1 Å². The quantitative estimate of drug-likeness (QED) is 0.805. The number of rotatable bonds is 2. The molecule has 1 amide bonds. The van der Waals surface area contributed by atoms with Crippen LogP contribution in [0.5, 0.6) is 0 Å². The molecule has 2 heterocycles. The summed E-state index contributed by atoms with van der Waals surface area (Å²) < 4.78 is 4.86. The number of pyridine rings is 1. The van der Waals surface area contributed by atoms with Gasteiger partial charge in [0, 0.05) is 24.0 Å². The van der Waals surface area contributed by atoms with Gasteiger partial charge in [-0.2, -0.15) is 0 Å². The Morgan fingerprint density at radius 1 is 1.40 bits per heavy atom. The summed E-state index contributed by atoms with van der Waals surface area (Å²) in [5.74, 6) is 0.0999. The third-order valence-electron chi connectivity index (χ3n) is 1.81. The van der Waals surface area contributed by atoms with Crippen molar-refractivity contribution in [1.29, 1.82) is 0 Å². The average Bonchev–Trinajstić information content (AvgIpc) is 2.65. The number of nitrogens with zero attached hydrogens (tertiary/aromatic N) is 2. The first-order chi connectivity index (χ1) is 7.25. The van der Waals surface area contributed by atoms with E-state index in [1.165, 1.54) is 0 Å². The number of hydrogen-bond acceptors (Lipinski definition) is 4. The van der Waals surface area contributed by atoms with Crippen molar-refractivity contribution in [2.24, 2.45) is 0 Å². The molecule has 0 spiro atoms. The predicted molar refractivity (Wildman–Crippen MR) is 53.4 cm³/mol. The number of carbonyl (C=O) groups is 1. The molecule has 0 aromatic carbocycles. The number of carbonyl (C=O) groups excluding carboxylic acids is 1. The highest BCUT2D eigenvalue weighted by Gasteiger charge is 2.07. The van der Waals surface area contributed by atoms with Crippen molar-refractivity contribution in [1.82, 2.24) is 10.1 Å². The topological polar surface area (TPSA) is 68.0 Å². The number of nitrogens with one attached hydrogen (secondary N) is 1. The van der Waals surface area contributed by atoms with Crippen LogP contribution >= 0.6 is 0 Å². The van der Waals surface area contributed by atoms with Crippen LogP contribution in [0.3, 0.4) is 0 Å². The Morgan fingerprint density at radius 2 is 2.13 bits per heavy atom. The Bertz CT molecular complexity index is 465. The van der Waals surface area contributed by atoms with Gasteiger partial charge in [0.2, 0.25) is 5.88 Å². The highest BCUT2D eigenvalue weighted by molar-refractivity contribution is 6.03. The molecular formula is C10H9N3O2. The molecule has 0 atom stereocenters. The van der Waals surface area contributed by atoms with E-state index in [2.05, 4.69) is 15.5 Å². The fourth-order valence-electron chi connectivity index (χ4n) is 1.11. The summed E-state index contributed by atoms with van der Waals surface area (Å²) in [6.07, 6.45) is 3.11. The number of amides is 1. The summed E-state index contributed by atoms with van der Waals surface area (Å²) in [7, 11) is 0. The van der Waals surface area contributed by atoms with Gasteiger partial charge in [-0.15, -0.1) is 0 Å². The van der Waals surface area contributed by atoms with Crippen LogP contribution in [0.1, 0.15) is 16.1 Å². The van der Waals surface area contributed by atoms with Crippen LogP contribution in [0.25, 0.3) is 0 Å². The van der Waals surface area contributed by atoms with E-state index in [9.17, 15) is 4.79 Å². The van der Waals surface area contributed by atoms with E-state index in [4.69, 9.17) is 4.52 Å². The van der Waals surface area contributed by atoms with Gasteiger partial charge in [0.25, 0.3) is 5.91 Å². The summed E-state index contributed by atoms with van der Waals surface area (Å²) in [5.41, 5.74) is 1.25. The van der Waals surface area contributed by atoms with Crippen molar-refractivity contribution in [3.8, 4) is 0 Å². The minimum atomic E-state index is -0.242. The van der Waals surface area contributed by atoms with Crippen LogP contribution < -0.4 is 5.32 Å². The Hall–Kier alpha value is -2.17. The van der Waals surface area contributed by atoms with Gasteiger partial charge in [-0.25, -0.2) is 0 Å². The molecule has 5 heteroatoms. The van der Waals surface area contributed by atoms with Crippen LogP contribution in [0.15, 0.2) is 35.1 Å². The van der Waals surface area contributed by atoms with E-state index in [1.54, 1.807) is 37.5 Å². The number of anilines is 1. The van der Waals surface area contributed by atoms with E-state index >= 15 is 0 Å². The Morgan fingerprint density at radius 3 is 2.73 bits per heavy atom. The fourth-order valence-corrected chi connectivity index (χ4v) is 1.11. The standard InChI is InChI=1S/C10H9N3O2/c1-7-6-9(15-13-7)12-10(14)8-2-4-11-5-3-8/h2-6H,1H3,(H,12,14). The maximum atomic E-state index is 11.6. The van der Waals surface area contributed by atoms with Crippen LogP contribution in [0.4, 0.5) is 5.88 Å². The van der Waals surface area contributed by atoms with Gasteiger partial charge in [-0.1, -0.05) is 5.16 Å². The third-order valence-corrected chi connectivity index (χ3v) is 1.81. The fraction of sp³-hybridized carbons (Fsp3) is 0.100. The average molecular weight is 203 g/mol. The summed E-state index contributed by atoms with van der Waals surface area (Å²) in [6.45, 7) is 1.78. The smallest absolute Gasteiger partial charge is 0.258 e. The van der Waals surface area contributed by atoms with Gasteiger partial charge < -0.3 is 4.52 Å². The maximum absolute atomic E-state index is 11.6. The van der Waals surface area contributed by atoms with Crippen molar-refractivity contribution in [3.63, 3.8) is 0 Å². The predicted octanol–water partition coefficient (Wildman–Crippen LogP) is 1.63. The molecule has 2 rings (SSSR count). The zero-order valence-corrected chi connectivity index (χ0v) is 8.10. The van der Waals surface area contributed by atoms with E-state index in [-0.39, 0.29) is 5.91 Å². The van der Waals surface area contributed by atoms with Crippen LogP contribution in [0.2, 0.25) is 0 Å². The van der Waals surface area contributed by atoms with Crippen LogP contribution in [-0.4, -0.2) is 16.0 Å². The van der Waals surface area contributed by atoms with Gasteiger partial charge in [-0.05, 0) is 19.1 Å². The molecule has 5 nitrogen and oxygen atoms in total. The Kier molecular flexibility index (Phi) is 2.45. The summed E-state index contributed by atoms with van der Waals surface area (Å²) in [5, 5.41) is 6.24. The van der Waals surface area contributed by atoms with Gasteiger partial charge in [-0.3, -0.25) is 15.1 Å². The normalized spacial score (nSPS) is 9.93. The number of aromatic nitrogens is 2. The highest BCUT2D eigenvalue weighted by atomic mass is 16.5. The van der Waals surface area contributed by atoms with Crippen molar-refractivity contribution in [2.45, 2.75) is 6.92 Å². The summed E-state index contributed by atoms with van der Waals surface area (Å²) >= 11 is 0. The molecule has 0 aliphatic carbocycles. The van der Waals surface area contributed by atoms with Gasteiger partial charge in [0.15, 0.2) is 0 Å². The van der Waals surface area contributed by atoms with E-state index in [1.807, 2.05) is 0 Å². The molecule has 0 saturated carbocycles. The second-order valence-electron chi connectivity index (χ2n) is 3.02. The molecule has 0 bridgehead atoms. The molecule has 2 aromatic rings. The first-order valence-electron chi connectivity index (χ1n) is 4.40. The lowest BCUT2D eigenvalue weighted by Crippen LogP contribution is -2.11. The molecule has 0 fully saturated rings. The van der Waals surface area contributed by atoms with E-state index in [0.29, 0.717) is 11.4 Å². The lowest BCUT2D eigenvalue weighted by Gasteiger charge is -1.99. The SMILES string of the molecule is Cc1cc(NC(=O)c2ccncc2)on1. The lowest BCUT2D eigenvalue weighted by molar-refractivity contribution is 0.102. The molecule has 0 aliphatic rings. The molecular weight excluding hydrogens is 194 g/mol. The van der Waals surface area contributed by atoms with Crippen LogP contribution in [-0.2, 0) is 0 Å². The zero-order chi connectivity index (χ0) is 10.7. The largest absolute Gasteiger partial charge is 0.338 e. The molecule has 0 saturated heterocycles. The minimum Gasteiger partial charge on any atom is -0.338 e. The molecule has 0 radical (unpaired) electrons. The van der Waals surface area contributed by atoms with Crippen molar-refractivity contribution < 1.29 is 9.32 Å². The maximum Gasteiger partial charge on any atom is 0.258 e. The summed E-state index contributed by atoms with van der Waals surface area (Å²) in [4.78, 5) is 15.4. The molecule has 1 N–H and O–H groups in total. The zero-order valence-electron chi connectivity index (χ0n) is 8.10. The molecule has 0 aliphatic heterocycles. The second kappa shape index (κ2) is 3.91. The van der Waals surface area contributed by atoms with Gasteiger partial charge in [0.1, 0.15) is 0 Å². The monoisotopic (exact) mass is 203 g/mol. The highest BCUT2D eigenvalue weighted by Crippen LogP contribution is 2.09. The van der Waals surface area contributed by atoms with E-state index < -0.39 is 0 Å². The first-order valence-corrected chi connectivity index (χ1v) is 4.40.